The molecule has 0 N–H and O–H groups in total. The molecule has 1 saturated carbocycles. The molecule has 2 nitrogen and oxygen atoms in total. The van der Waals surface area contributed by atoms with Crippen LogP contribution in [0.5, 0.6) is 0 Å². The molecule has 0 spiro atoms. The number of rotatable bonds is 4. The van der Waals surface area contributed by atoms with Crippen molar-refractivity contribution in [2.24, 2.45) is 5.92 Å². The van der Waals surface area contributed by atoms with Gasteiger partial charge in [-0.2, -0.15) is 0 Å². The van der Waals surface area contributed by atoms with Crippen molar-refractivity contribution < 1.29 is 4.79 Å². The minimum absolute atomic E-state index is 0.232. The highest BCUT2D eigenvalue weighted by atomic mass is 16.1. The lowest BCUT2D eigenvalue weighted by atomic mass is 10.1. The fraction of sp³-hybridized carbons (Fsp3) is 0.250. The van der Waals surface area contributed by atoms with Crippen LogP contribution in [0.4, 0.5) is 0 Å². The summed E-state index contributed by atoms with van der Waals surface area (Å²) >= 11 is 0. The van der Waals surface area contributed by atoms with Crippen molar-refractivity contribution in [3.05, 3.63) is 71.9 Å². The second-order valence-electron chi connectivity index (χ2n) is 6.27. The Morgan fingerprint density at radius 1 is 1.09 bits per heavy atom. The highest BCUT2D eigenvalue weighted by Crippen LogP contribution is 2.50. The van der Waals surface area contributed by atoms with Gasteiger partial charge in [0, 0.05) is 29.6 Å². The first-order valence-electron chi connectivity index (χ1n) is 7.86. The molecule has 1 aromatic heterocycles. The summed E-state index contributed by atoms with van der Waals surface area (Å²) in [6.45, 7) is 2.59. The van der Waals surface area contributed by atoms with Gasteiger partial charge in [0.25, 0.3) is 0 Å². The van der Waals surface area contributed by atoms with Crippen LogP contribution in [0.2, 0.25) is 0 Å². The van der Waals surface area contributed by atoms with Crippen LogP contribution in [0.1, 0.15) is 30.4 Å². The maximum Gasteiger partial charge on any atom is 0.133 e. The third-order valence-electron chi connectivity index (χ3n) is 4.73. The fourth-order valence-corrected chi connectivity index (χ4v) is 3.47. The third kappa shape index (κ3) is 2.25. The minimum atomic E-state index is 0.232. The molecule has 2 atom stereocenters. The van der Waals surface area contributed by atoms with Gasteiger partial charge in [-0.1, -0.05) is 48.5 Å². The zero-order valence-corrected chi connectivity index (χ0v) is 12.7. The lowest BCUT2D eigenvalue weighted by Gasteiger charge is -2.05. The number of hydrogen-bond donors (Lipinski definition) is 0. The molecular formula is C20H19NO. The van der Waals surface area contributed by atoms with Crippen molar-refractivity contribution in [3.8, 4) is 0 Å². The quantitative estimate of drug-likeness (QED) is 0.698. The second-order valence-corrected chi connectivity index (χ2v) is 6.27. The van der Waals surface area contributed by atoms with Crippen LogP contribution in [-0.4, -0.2) is 10.4 Å². The fourth-order valence-electron chi connectivity index (χ4n) is 3.47. The molecule has 4 rings (SSSR count). The number of ketones is 1. The third-order valence-corrected chi connectivity index (χ3v) is 4.73. The highest BCUT2D eigenvalue weighted by Gasteiger charge is 2.43. The molecule has 2 aromatic carbocycles. The van der Waals surface area contributed by atoms with Gasteiger partial charge in [0.2, 0.25) is 0 Å². The van der Waals surface area contributed by atoms with Crippen LogP contribution in [0.3, 0.4) is 0 Å². The van der Waals surface area contributed by atoms with Gasteiger partial charge in [-0.15, -0.1) is 0 Å². The van der Waals surface area contributed by atoms with Crippen LogP contribution >= 0.6 is 0 Å². The number of aromatic nitrogens is 1. The summed E-state index contributed by atoms with van der Waals surface area (Å²) in [5.74, 6) is 0.972. The molecule has 0 amide bonds. The number of para-hydroxylation sites is 1. The van der Waals surface area contributed by atoms with Gasteiger partial charge in [0.15, 0.2) is 0 Å². The van der Waals surface area contributed by atoms with Gasteiger partial charge >= 0.3 is 0 Å². The number of nitrogens with zero attached hydrogens (tertiary/aromatic N) is 1. The summed E-state index contributed by atoms with van der Waals surface area (Å²) < 4.78 is 2.31. The number of hydrogen-bond acceptors (Lipinski definition) is 1. The largest absolute Gasteiger partial charge is 0.343 e. The first-order valence-corrected chi connectivity index (χ1v) is 7.86. The van der Waals surface area contributed by atoms with E-state index in [1.54, 1.807) is 6.92 Å². The van der Waals surface area contributed by atoms with Crippen LogP contribution in [0, 0.1) is 5.92 Å². The van der Waals surface area contributed by atoms with E-state index in [9.17, 15) is 4.79 Å². The van der Waals surface area contributed by atoms with E-state index in [-0.39, 0.29) is 5.92 Å². The van der Waals surface area contributed by atoms with Gasteiger partial charge in [-0.3, -0.25) is 4.79 Å². The Morgan fingerprint density at radius 3 is 2.55 bits per heavy atom. The summed E-state index contributed by atoms with van der Waals surface area (Å²) in [5, 5.41) is 1.30. The summed E-state index contributed by atoms with van der Waals surface area (Å²) in [5.41, 5.74) is 3.90. The van der Waals surface area contributed by atoms with Crippen LogP contribution in [0.25, 0.3) is 10.9 Å². The van der Waals surface area contributed by atoms with Crippen molar-refractivity contribution in [2.45, 2.75) is 25.8 Å². The smallest absolute Gasteiger partial charge is 0.133 e. The Hall–Kier alpha value is -2.35. The predicted octanol–water partition coefficient (Wildman–Crippen LogP) is 4.38. The Morgan fingerprint density at radius 2 is 1.82 bits per heavy atom. The van der Waals surface area contributed by atoms with E-state index in [4.69, 9.17) is 0 Å². The summed E-state index contributed by atoms with van der Waals surface area (Å²) in [7, 11) is 0. The molecule has 110 valence electrons. The first kappa shape index (κ1) is 13.3. The number of carbonyl (C=O) groups is 1. The predicted molar refractivity (Wildman–Crippen MR) is 89.0 cm³/mol. The number of benzene rings is 2. The molecule has 0 radical (unpaired) electrons. The molecule has 0 saturated heterocycles. The molecule has 0 unspecified atom stereocenters. The second kappa shape index (κ2) is 5.13. The molecule has 1 aliphatic carbocycles. The van der Waals surface area contributed by atoms with Crippen LogP contribution < -0.4 is 0 Å². The Balaban J connectivity index is 1.75. The topological polar surface area (TPSA) is 22.0 Å². The molecule has 1 fully saturated rings. The maximum atomic E-state index is 11.6. The lowest BCUT2D eigenvalue weighted by Crippen LogP contribution is -1.97. The lowest BCUT2D eigenvalue weighted by molar-refractivity contribution is -0.118. The molecule has 1 aliphatic rings. The summed E-state index contributed by atoms with van der Waals surface area (Å²) in [6.07, 6.45) is 3.26. The maximum absolute atomic E-state index is 11.6. The standard InChI is InChI=1S/C20H19NO/c1-14(22)17-11-18(17)19-13-21(12-15-7-3-2-4-8-15)20-10-6-5-9-16(19)20/h2-10,13,17-18H,11-12H2,1H3/t17-,18+/m1/s1. The zero-order chi connectivity index (χ0) is 15.1. The van der Waals surface area contributed by atoms with Gasteiger partial charge in [-0.25, -0.2) is 0 Å². The average molecular weight is 289 g/mol. The zero-order valence-electron chi connectivity index (χ0n) is 12.7. The van der Waals surface area contributed by atoms with E-state index in [0.717, 1.165) is 13.0 Å². The van der Waals surface area contributed by atoms with Crippen molar-refractivity contribution >= 4 is 16.7 Å². The average Bonchev–Trinajstić information content (AvgIpc) is 3.26. The van der Waals surface area contributed by atoms with Gasteiger partial charge in [-0.05, 0) is 36.5 Å². The molecule has 3 aromatic rings. The Bertz CT molecular complexity index is 831. The van der Waals surface area contributed by atoms with Gasteiger partial charge in [0.1, 0.15) is 5.78 Å². The van der Waals surface area contributed by atoms with Crippen molar-refractivity contribution in [2.75, 3.05) is 0 Å². The molecule has 0 bridgehead atoms. The van der Waals surface area contributed by atoms with Gasteiger partial charge < -0.3 is 4.57 Å². The van der Waals surface area contributed by atoms with E-state index in [1.165, 1.54) is 22.0 Å². The number of fused-ring (bicyclic) bond motifs is 1. The van der Waals surface area contributed by atoms with Gasteiger partial charge in [0.05, 0.1) is 0 Å². The van der Waals surface area contributed by atoms with E-state index in [1.807, 2.05) is 6.07 Å². The molecule has 22 heavy (non-hydrogen) atoms. The van der Waals surface area contributed by atoms with Crippen molar-refractivity contribution in [1.82, 2.24) is 4.57 Å². The number of carbonyl (C=O) groups excluding carboxylic acids is 1. The molecule has 1 heterocycles. The Labute approximate surface area is 130 Å². The normalized spacial score (nSPS) is 20.2. The van der Waals surface area contributed by atoms with Crippen molar-refractivity contribution in [3.63, 3.8) is 0 Å². The van der Waals surface area contributed by atoms with E-state index in [2.05, 4.69) is 59.3 Å². The van der Waals surface area contributed by atoms with E-state index in [0.29, 0.717) is 11.7 Å². The van der Waals surface area contributed by atoms with Crippen LogP contribution in [-0.2, 0) is 11.3 Å². The van der Waals surface area contributed by atoms with E-state index >= 15 is 0 Å². The van der Waals surface area contributed by atoms with Crippen LogP contribution in [0.15, 0.2) is 60.8 Å². The minimum Gasteiger partial charge on any atom is -0.343 e. The number of Topliss-reactive ketones (excluding diaryl/α,β-unsaturated/α-hetero) is 1. The SMILES string of the molecule is CC(=O)[C@H]1C[C@@H]1c1cn(Cc2ccccc2)c2ccccc12. The summed E-state index contributed by atoms with van der Waals surface area (Å²) in [6, 6.07) is 19.0. The molecular weight excluding hydrogens is 270 g/mol. The van der Waals surface area contributed by atoms with Crippen molar-refractivity contribution in [1.29, 1.82) is 0 Å². The van der Waals surface area contributed by atoms with E-state index < -0.39 is 0 Å². The monoisotopic (exact) mass is 289 g/mol. The Kier molecular flexibility index (Phi) is 3.11. The molecule has 0 aliphatic heterocycles. The summed E-state index contributed by atoms with van der Waals surface area (Å²) in [4.78, 5) is 11.6. The molecule has 2 heteroatoms. The first-order chi connectivity index (χ1) is 10.7. The highest BCUT2D eigenvalue weighted by molar-refractivity contribution is 5.88.